The van der Waals surface area contributed by atoms with E-state index < -0.39 is 18.0 Å². The lowest BCUT2D eigenvalue weighted by Crippen LogP contribution is -2.34. The van der Waals surface area contributed by atoms with E-state index in [0.717, 1.165) is 11.0 Å². The molecule has 0 aliphatic rings. The van der Waals surface area contributed by atoms with Crippen molar-refractivity contribution in [2.45, 2.75) is 19.6 Å². The highest BCUT2D eigenvalue weighted by Gasteiger charge is 2.24. The Kier molecular flexibility index (Phi) is 7.01. The Labute approximate surface area is 161 Å². The van der Waals surface area contributed by atoms with Gasteiger partial charge in [-0.3, -0.25) is 4.90 Å². The zero-order valence-corrected chi connectivity index (χ0v) is 15.6. The van der Waals surface area contributed by atoms with Crippen LogP contribution in [0.15, 0.2) is 36.4 Å². The van der Waals surface area contributed by atoms with Crippen LogP contribution in [0.5, 0.6) is 11.5 Å². The van der Waals surface area contributed by atoms with Gasteiger partial charge in [0.05, 0.1) is 24.7 Å². The van der Waals surface area contributed by atoms with E-state index in [4.69, 9.17) is 21.1 Å². The van der Waals surface area contributed by atoms with Crippen molar-refractivity contribution in [1.29, 1.82) is 0 Å². The van der Waals surface area contributed by atoms with Crippen LogP contribution >= 0.6 is 11.6 Å². The van der Waals surface area contributed by atoms with Gasteiger partial charge in [-0.15, -0.1) is 0 Å². The average Bonchev–Trinajstić information content (AvgIpc) is 2.64. The Hall–Kier alpha value is -2.80. The number of rotatable bonds is 8. The minimum atomic E-state index is -1.29. The molecule has 2 aromatic carbocycles. The number of nitrogens with zero attached hydrogens (tertiary/aromatic N) is 1. The fourth-order valence-electron chi connectivity index (χ4n) is 2.63. The van der Waals surface area contributed by atoms with Gasteiger partial charge in [-0.25, -0.2) is 9.18 Å². The van der Waals surface area contributed by atoms with E-state index >= 15 is 0 Å². The van der Waals surface area contributed by atoms with Crippen LogP contribution in [0.4, 0.5) is 9.18 Å². The van der Waals surface area contributed by atoms with E-state index in [1.807, 2.05) is 0 Å². The lowest BCUT2D eigenvalue weighted by Gasteiger charge is -2.27. The Balaban J connectivity index is 2.31. The summed E-state index contributed by atoms with van der Waals surface area (Å²) in [5, 5.41) is 9.43. The molecule has 0 aromatic heterocycles. The number of carboxylic acid groups (broad SMARTS) is 1. The number of aldehydes is 1. The van der Waals surface area contributed by atoms with Crippen molar-refractivity contribution in [1.82, 2.24) is 4.90 Å². The molecule has 0 aliphatic heterocycles. The number of methoxy groups -OCH3 is 1. The zero-order valence-electron chi connectivity index (χ0n) is 14.8. The lowest BCUT2D eigenvalue weighted by molar-refractivity contribution is -0.109. The minimum Gasteiger partial charge on any atom is -0.497 e. The first kappa shape index (κ1) is 20.5. The summed E-state index contributed by atoms with van der Waals surface area (Å²) in [4.78, 5) is 23.1. The lowest BCUT2D eigenvalue weighted by atomic mass is 10.00. The monoisotopic (exact) mass is 395 g/mol. The molecule has 0 saturated heterocycles. The van der Waals surface area contributed by atoms with E-state index in [9.17, 15) is 19.1 Å². The number of benzene rings is 2. The molecule has 1 N–H and O–H groups in total. The van der Waals surface area contributed by atoms with Gasteiger partial charge in [-0.2, -0.15) is 0 Å². The van der Waals surface area contributed by atoms with E-state index in [1.54, 1.807) is 38.3 Å². The molecule has 2 rings (SSSR count). The molecule has 1 atom stereocenters. The summed E-state index contributed by atoms with van der Waals surface area (Å²) in [6, 6.07) is 8.39. The Bertz CT molecular complexity index is 812. The Morgan fingerprint density at radius 3 is 2.48 bits per heavy atom. The molecule has 0 spiro atoms. The number of amides is 1. The summed E-state index contributed by atoms with van der Waals surface area (Å²) in [5.41, 5.74) is 0.774. The fraction of sp³-hybridized carbons (Fsp3) is 0.263. The second-order valence-electron chi connectivity index (χ2n) is 5.70. The first-order valence-electron chi connectivity index (χ1n) is 8.05. The van der Waals surface area contributed by atoms with Gasteiger partial charge in [0.25, 0.3) is 0 Å². The Morgan fingerprint density at radius 2 is 1.93 bits per heavy atom. The number of hydrogen-bond donors (Lipinski definition) is 1. The first-order chi connectivity index (χ1) is 12.9. The quantitative estimate of drug-likeness (QED) is 0.674. The van der Waals surface area contributed by atoms with Crippen LogP contribution in [0.2, 0.25) is 5.02 Å². The maximum absolute atomic E-state index is 13.9. The summed E-state index contributed by atoms with van der Waals surface area (Å²) < 4.78 is 24.7. The first-order valence-corrected chi connectivity index (χ1v) is 8.43. The molecular formula is C19H19ClFNO5. The highest BCUT2D eigenvalue weighted by Crippen LogP contribution is 2.31. The molecule has 0 bridgehead atoms. The molecule has 2 aromatic rings. The maximum Gasteiger partial charge on any atom is 0.408 e. The van der Waals surface area contributed by atoms with Gasteiger partial charge < -0.3 is 19.4 Å². The van der Waals surface area contributed by atoms with Gasteiger partial charge in [0.2, 0.25) is 0 Å². The average molecular weight is 396 g/mol. The molecule has 6 nitrogen and oxygen atoms in total. The number of halogens is 2. The van der Waals surface area contributed by atoms with Crippen LogP contribution in [0, 0.1) is 5.82 Å². The van der Waals surface area contributed by atoms with Crippen molar-refractivity contribution >= 4 is 24.0 Å². The normalized spacial score (nSPS) is 11.6. The second-order valence-corrected chi connectivity index (χ2v) is 6.10. The van der Waals surface area contributed by atoms with Crippen molar-refractivity contribution in [3.05, 3.63) is 58.4 Å². The van der Waals surface area contributed by atoms with Crippen molar-refractivity contribution < 1.29 is 28.6 Å². The molecule has 8 heteroatoms. The largest absolute Gasteiger partial charge is 0.497 e. The molecule has 0 aliphatic carbocycles. The number of carbonyl (C=O) groups is 2. The van der Waals surface area contributed by atoms with Crippen LogP contribution < -0.4 is 9.47 Å². The van der Waals surface area contributed by atoms with E-state index in [2.05, 4.69) is 0 Å². The molecule has 1 amide bonds. The van der Waals surface area contributed by atoms with Gasteiger partial charge in [0.15, 0.2) is 0 Å². The predicted octanol–water partition coefficient (Wildman–Crippen LogP) is 4.31. The highest BCUT2D eigenvalue weighted by atomic mass is 35.5. The van der Waals surface area contributed by atoms with E-state index in [-0.39, 0.29) is 18.2 Å². The van der Waals surface area contributed by atoms with Gasteiger partial charge in [0.1, 0.15) is 30.2 Å². The molecule has 0 saturated carbocycles. The highest BCUT2D eigenvalue weighted by molar-refractivity contribution is 6.31. The zero-order chi connectivity index (χ0) is 20.0. The third kappa shape index (κ3) is 5.10. The SMILES string of the molecule is COc1ccc(OCc2c(Cl)cc(F)cc2C(C)N(CC=O)C(=O)O)cc1. The van der Waals surface area contributed by atoms with Crippen molar-refractivity contribution in [3.8, 4) is 11.5 Å². The summed E-state index contributed by atoms with van der Waals surface area (Å²) >= 11 is 6.18. The topological polar surface area (TPSA) is 76.1 Å². The smallest absolute Gasteiger partial charge is 0.408 e. The number of ether oxygens (including phenoxy) is 2. The number of carbonyl (C=O) groups excluding carboxylic acids is 1. The van der Waals surface area contributed by atoms with Gasteiger partial charge >= 0.3 is 6.09 Å². The fourth-order valence-corrected chi connectivity index (χ4v) is 2.89. The second kappa shape index (κ2) is 9.23. The third-order valence-corrected chi connectivity index (χ3v) is 4.41. The molecule has 144 valence electrons. The molecular weight excluding hydrogens is 377 g/mol. The van der Waals surface area contributed by atoms with Crippen molar-refractivity contribution in [2.75, 3.05) is 13.7 Å². The summed E-state index contributed by atoms with van der Waals surface area (Å²) in [6.07, 6.45) is -0.823. The van der Waals surface area contributed by atoms with E-state index in [0.29, 0.717) is 28.9 Å². The molecule has 0 fully saturated rings. The summed E-state index contributed by atoms with van der Waals surface area (Å²) in [5.74, 6) is 0.603. The van der Waals surface area contributed by atoms with Crippen molar-refractivity contribution in [3.63, 3.8) is 0 Å². The van der Waals surface area contributed by atoms with Gasteiger partial charge in [0, 0.05) is 5.56 Å². The molecule has 1 unspecified atom stereocenters. The van der Waals surface area contributed by atoms with Crippen LogP contribution in [0.1, 0.15) is 24.1 Å². The standard InChI is InChI=1S/C19H19ClFNO5/c1-12(22(7-8-23)19(24)25)16-9-13(21)10-18(20)17(16)11-27-15-5-3-14(26-2)4-6-15/h3-6,8-10,12H,7,11H2,1-2H3,(H,24,25). The van der Waals surface area contributed by atoms with Crippen LogP contribution in [-0.2, 0) is 11.4 Å². The van der Waals surface area contributed by atoms with Gasteiger partial charge in [-0.05, 0) is 48.9 Å². The molecule has 0 radical (unpaired) electrons. The molecule has 0 heterocycles. The van der Waals surface area contributed by atoms with Crippen LogP contribution in [0.25, 0.3) is 0 Å². The van der Waals surface area contributed by atoms with Crippen molar-refractivity contribution in [2.24, 2.45) is 0 Å². The number of hydrogen-bond acceptors (Lipinski definition) is 4. The van der Waals surface area contributed by atoms with Crippen LogP contribution in [0.3, 0.4) is 0 Å². The Morgan fingerprint density at radius 1 is 1.30 bits per heavy atom. The minimum absolute atomic E-state index is 0.000334. The van der Waals surface area contributed by atoms with Gasteiger partial charge in [-0.1, -0.05) is 11.6 Å². The third-order valence-electron chi connectivity index (χ3n) is 4.07. The predicted molar refractivity (Wildman–Crippen MR) is 97.9 cm³/mol. The maximum atomic E-state index is 13.9. The van der Waals surface area contributed by atoms with E-state index in [1.165, 1.54) is 6.07 Å². The summed E-state index contributed by atoms with van der Waals surface area (Å²) in [6.45, 7) is 1.21. The van der Waals surface area contributed by atoms with Crippen LogP contribution in [-0.4, -0.2) is 36.0 Å². The molecule has 27 heavy (non-hydrogen) atoms. The summed E-state index contributed by atoms with van der Waals surface area (Å²) in [7, 11) is 1.55.